The van der Waals surface area contributed by atoms with Gasteiger partial charge in [-0.05, 0) is 54.4 Å². The second-order valence-corrected chi connectivity index (χ2v) is 8.61. The number of fused-ring (bicyclic) bond motifs is 1. The van der Waals surface area contributed by atoms with Crippen molar-refractivity contribution in [2.24, 2.45) is 5.10 Å². The Morgan fingerprint density at radius 3 is 2.69 bits per heavy atom. The van der Waals surface area contributed by atoms with Crippen molar-refractivity contribution >= 4 is 44.6 Å². The number of rotatable bonds is 7. The molecule has 0 saturated heterocycles. The summed E-state index contributed by atoms with van der Waals surface area (Å²) < 4.78 is 8.21. The van der Waals surface area contributed by atoms with Crippen LogP contribution in [0.4, 0.5) is 0 Å². The van der Waals surface area contributed by atoms with Gasteiger partial charge in [-0.3, -0.25) is 4.79 Å². The molecule has 0 fully saturated rings. The fraction of sp³-hybridized carbons (Fsp3) is 0.160. The van der Waals surface area contributed by atoms with Gasteiger partial charge in [-0.2, -0.15) is 9.78 Å². The van der Waals surface area contributed by atoms with Gasteiger partial charge in [0.05, 0.1) is 17.1 Å². The highest BCUT2D eigenvalue weighted by Gasteiger charge is 2.11. The van der Waals surface area contributed by atoms with E-state index in [4.69, 9.17) is 16.3 Å². The Morgan fingerprint density at radius 2 is 1.91 bits per heavy atom. The summed E-state index contributed by atoms with van der Waals surface area (Å²) in [6, 6.07) is 20.6. The summed E-state index contributed by atoms with van der Waals surface area (Å²) in [7, 11) is 0. The Bertz CT molecular complexity index is 1330. The van der Waals surface area contributed by atoms with Crippen LogP contribution in [-0.2, 0) is 13.0 Å². The molecule has 32 heavy (non-hydrogen) atoms. The van der Waals surface area contributed by atoms with Crippen LogP contribution in [0.5, 0.6) is 5.75 Å². The predicted molar refractivity (Wildman–Crippen MR) is 133 cm³/mol. The zero-order valence-corrected chi connectivity index (χ0v) is 19.8. The molecule has 4 aromatic rings. The quantitative estimate of drug-likeness (QED) is 0.277. The van der Waals surface area contributed by atoms with Gasteiger partial charge in [0.2, 0.25) is 0 Å². The number of para-hydroxylation sites is 1. The first-order valence-electron chi connectivity index (χ1n) is 10.3. The van der Waals surface area contributed by atoms with E-state index < -0.39 is 0 Å². The van der Waals surface area contributed by atoms with Gasteiger partial charge in [-0.15, -0.1) is 0 Å². The fourth-order valence-corrected chi connectivity index (χ4v) is 3.77. The van der Waals surface area contributed by atoms with Gasteiger partial charge >= 0.3 is 0 Å². The van der Waals surface area contributed by atoms with E-state index in [1.807, 2.05) is 67.6 Å². The molecule has 162 valence electrons. The van der Waals surface area contributed by atoms with E-state index in [-0.39, 0.29) is 5.56 Å². The van der Waals surface area contributed by atoms with E-state index in [1.54, 1.807) is 12.3 Å². The predicted octanol–water partition coefficient (Wildman–Crippen LogP) is 6.23. The van der Waals surface area contributed by atoms with Crippen molar-refractivity contribution in [2.45, 2.75) is 26.4 Å². The maximum Gasteiger partial charge on any atom is 0.282 e. The van der Waals surface area contributed by atoms with E-state index in [1.165, 1.54) is 4.68 Å². The van der Waals surface area contributed by atoms with E-state index in [2.05, 4.69) is 26.0 Å². The zero-order valence-electron chi connectivity index (χ0n) is 17.5. The monoisotopic (exact) mass is 509 g/mol. The van der Waals surface area contributed by atoms with Gasteiger partial charge in [0.15, 0.2) is 0 Å². The summed E-state index contributed by atoms with van der Waals surface area (Å²) >= 11 is 9.38. The summed E-state index contributed by atoms with van der Waals surface area (Å²) in [6.07, 6.45) is 3.14. The highest BCUT2D eigenvalue weighted by atomic mass is 79.9. The van der Waals surface area contributed by atoms with Crippen molar-refractivity contribution in [1.82, 2.24) is 9.66 Å². The van der Waals surface area contributed by atoms with Crippen LogP contribution in [0.1, 0.15) is 30.3 Å². The van der Waals surface area contributed by atoms with Crippen LogP contribution in [-0.4, -0.2) is 15.9 Å². The van der Waals surface area contributed by atoms with Crippen LogP contribution in [0.2, 0.25) is 5.02 Å². The topological polar surface area (TPSA) is 56.5 Å². The van der Waals surface area contributed by atoms with Crippen molar-refractivity contribution in [3.8, 4) is 5.75 Å². The number of halogens is 2. The van der Waals surface area contributed by atoms with Gasteiger partial charge in [0.1, 0.15) is 18.2 Å². The van der Waals surface area contributed by atoms with Gasteiger partial charge in [-0.1, -0.05) is 58.7 Å². The number of benzene rings is 3. The lowest BCUT2D eigenvalue weighted by Crippen LogP contribution is -2.22. The minimum absolute atomic E-state index is 0.199. The Hall–Kier alpha value is -2.96. The summed E-state index contributed by atoms with van der Waals surface area (Å²) in [5.74, 6) is 1.30. The van der Waals surface area contributed by atoms with Crippen molar-refractivity contribution in [2.75, 3.05) is 0 Å². The fourth-order valence-electron chi connectivity index (χ4n) is 3.28. The molecule has 1 aromatic heterocycles. The Labute approximate surface area is 199 Å². The van der Waals surface area contributed by atoms with Crippen LogP contribution >= 0.6 is 27.5 Å². The molecule has 0 bridgehead atoms. The second-order valence-electron chi connectivity index (χ2n) is 7.25. The van der Waals surface area contributed by atoms with Crippen LogP contribution in [0.25, 0.3) is 10.9 Å². The number of ether oxygens (including phenoxy) is 1. The van der Waals surface area contributed by atoms with Crippen LogP contribution in [0.15, 0.2) is 81.1 Å². The third-order valence-electron chi connectivity index (χ3n) is 4.89. The molecule has 0 unspecified atom stereocenters. The first-order chi connectivity index (χ1) is 15.5. The van der Waals surface area contributed by atoms with Crippen LogP contribution < -0.4 is 10.3 Å². The molecule has 4 rings (SSSR count). The van der Waals surface area contributed by atoms with E-state index in [0.717, 1.165) is 22.0 Å². The highest BCUT2D eigenvalue weighted by Crippen LogP contribution is 2.20. The summed E-state index contributed by atoms with van der Waals surface area (Å²) in [6.45, 7) is 2.44. The first-order valence-corrected chi connectivity index (χ1v) is 11.4. The van der Waals surface area contributed by atoms with E-state index in [9.17, 15) is 4.79 Å². The van der Waals surface area contributed by atoms with Crippen LogP contribution in [0.3, 0.4) is 0 Å². The van der Waals surface area contributed by atoms with Crippen molar-refractivity contribution in [3.05, 3.63) is 104 Å². The van der Waals surface area contributed by atoms with Gasteiger partial charge in [0.25, 0.3) is 5.56 Å². The number of aryl methyl sites for hydroxylation is 1. The smallest absolute Gasteiger partial charge is 0.282 e. The molecule has 0 aliphatic carbocycles. The molecule has 0 N–H and O–H groups in total. The average Bonchev–Trinajstić information content (AvgIpc) is 2.80. The lowest BCUT2D eigenvalue weighted by atomic mass is 10.2. The first kappa shape index (κ1) is 22.2. The molecule has 0 amide bonds. The molecular formula is C25H21BrClN3O2. The van der Waals surface area contributed by atoms with Gasteiger partial charge in [-0.25, -0.2) is 4.98 Å². The molecule has 1 heterocycles. The Balaban J connectivity index is 1.67. The van der Waals surface area contributed by atoms with E-state index in [0.29, 0.717) is 40.5 Å². The minimum Gasteiger partial charge on any atom is -0.488 e. The molecule has 0 radical (unpaired) electrons. The lowest BCUT2D eigenvalue weighted by Gasteiger charge is -2.11. The van der Waals surface area contributed by atoms with Crippen molar-refractivity contribution < 1.29 is 4.74 Å². The van der Waals surface area contributed by atoms with Crippen molar-refractivity contribution in [1.29, 1.82) is 0 Å². The number of hydrogen-bond donors (Lipinski definition) is 0. The van der Waals surface area contributed by atoms with E-state index >= 15 is 0 Å². The van der Waals surface area contributed by atoms with Gasteiger partial charge in [0, 0.05) is 21.5 Å². The standard InChI is InChI=1S/C25H21BrClN3O2/c1-2-5-24-29-22-13-10-19(26)14-21(22)25(31)30(24)28-15-18-6-3-4-7-23(18)32-16-17-8-11-20(27)12-9-17/h3-4,6-15H,2,5,16H2,1H3. The summed E-state index contributed by atoms with van der Waals surface area (Å²) in [5.41, 5.74) is 2.24. The zero-order chi connectivity index (χ0) is 22.5. The maximum atomic E-state index is 13.2. The Morgan fingerprint density at radius 1 is 1.12 bits per heavy atom. The van der Waals surface area contributed by atoms with Gasteiger partial charge < -0.3 is 4.74 Å². The summed E-state index contributed by atoms with van der Waals surface area (Å²) in [5, 5.41) is 5.71. The average molecular weight is 511 g/mol. The summed E-state index contributed by atoms with van der Waals surface area (Å²) in [4.78, 5) is 17.8. The maximum absolute atomic E-state index is 13.2. The molecule has 0 aliphatic rings. The molecule has 3 aromatic carbocycles. The minimum atomic E-state index is -0.199. The highest BCUT2D eigenvalue weighted by molar-refractivity contribution is 9.10. The molecule has 7 heteroatoms. The van der Waals surface area contributed by atoms with Crippen LogP contribution in [0, 0.1) is 0 Å². The normalized spacial score (nSPS) is 11.3. The second kappa shape index (κ2) is 10.1. The Kier molecular flexibility index (Phi) is 7.02. The number of aromatic nitrogens is 2. The molecule has 0 saturated carbocycles. The number of nitrogens with zero attached hydrogens (tertiary/aromatic N) is 3. The lowest BCUT2D eigenvalue weighted by molar-refractivity contribution is 0.306. The largest absolute Gasteiger partial charge is 0.488 e. The number of hydrogen-bond acceptors (Lipinski definition) is 4. The third kappa shape index (κ3) is 5.09. The SMILES string of the molecule is CCCc1nc2ccc(Br)cc2c(=O)n1N=Cc1ccccc1OCc1ccc(Cl)cc1. The molecular weight excluding hydrogens is 490 g/mol. The molecule has 5 nitrogen and oxygen atoms in total. The molecule has 0 spiro atoms. The molecule has 0 aliphatic heterocycles. The van der Waals surface area contributed by atoms with Crippen molar-refractivity contribution in [3.63, 3.8) is 0 Å². The third-order valence-corrected chi connectivity index (χ3v) is 5.63. The molecule has 0 atom stereocenters.